The highest BCUT2D eigenvalue weighted by atomic mass is 35.5. The van der Waals surface area contributed by atoms with E-state index in [1.807, 2.05) is 66.1 Å². The van der Waals surface area contributed by atoms with Crippen LogP contribution in [0.1, 0.15) is 26.7 Å². The highest BCUT2D eigenvalue weighted by Crippen LogP contribution is 2.46. The summed E-state index contributed by atoms with van der Waals surface area (Å²) in [6.45, 7) is 0. The van der Waals surface area contributed by atoms with E-state index in [0.29, 0.717) is 16.3 Å². The summed E-state index contributed by atoms with van der Waals surface area (Å²) in [6, 6.07) is 26.6. The third-order valence-corrected chi connectivity index (χ3v) is 8.04. The number of nitrogens with one attached hydrogen (secondary N) is 1. The van der Waals surface area contributed by atoms with Gasteiger partial charge in [-0.15, -0.1) is 11.3 Å². The molecular formula is C31H26ClN3O3S. The molecule has 0 saturated carbocycles. The minimum atomic E-state index is -1.06. The summed E-state index contributed by atoms with van der Waals surface area (Å²) in [6.07, 6.45) is 3.68. The van der Waals surface area contributed by atoms with Gasteiger partial charge in [0, 0.05) is 27.1 Å². The first-order valence-corrected chi connectivity index (χ1v) is 13.7. The summed E-state index contributed by atoms with van der Waals surface area (Å²) in [5, 5.41) is 5.20. The Labute approximate surface area is 235 Å². The van der Waals surface area contributed by atoms with Crippen LogP contribution in [0.3, 0.4) is 0 Å². The van der Waals surface area contributed by atoms with E-state index in [2.05, 4.69) is 5.32 Å². The van der Waals surface area contributed by atoms with Crippen molar-refractivity contribution in [2.45, 2.75) is 18.0 Å². The second-order valence-corrected chi connectivity index (χ2v) is 10.7. The van der Waals surface area contributed by atoms with E-state index >= 15 is 0 Å². The second-order valence-electron chi connectivity index (χ2n) is 9.25. The molecule has 39 heavy (non-hydrogen) atoms. The molecule has 4 atom stereocenters. The smallest absolute Gasteiger partial charge is 0.323 e. The number of hydrogen-bond acceptors (Lipinski definition) is 4. The van der Waals surface area contributed by atoms with E-state index in [0.717, 1.165) is 10.4 Å². The Morgan fingerprint density at radius 1 is 0.897 bits per heavy atom. The maximum atomic E-state index is 14.2. The van der Waals surface area contributed by atoms with Crippen LogP contribution in [0.2, 0.25) is 5.02 Å². The number of anilines is 1. The number of para-hydroxylation sites is 1. The maximum Gasteiger partial charge on any atom is 0.323 e. The molecule has 8 heteroatoms. The first kappa shape index (κ1) is 26.4. The third kappa shape index (κ3) is 5.65. The van der Waals surface area contributed by atoms with Gasteiger partial charge in [-0.1, -0.05) is 90.5 Å². The Morgan fingerprint density at radius 2 is 1.62 bits per heavy atom. The lowest BCUT2D eigenvalue weighted by molar-refractivity contribution is -0.122. The van der Waals surface area contributed by atoms with Crippen molar-refractivity contribution in [2.75, 3.05) is 5.32 Å². The summed E-state index contributed by atoms with van der Waals surface area (Å²) in [5.74, 6) is -2.35. The van der Waals surface area contributed by atoms with Gasteiger partial charge in [0.25, 0.3) is 0 Å². The molecular weight excluding hydrogens is 530 g/mol. The Bertz CT molecular complexity index is 1490. The summed E-state index contributed by atoms with van der Waals surface area (Å²) < 4.78 is 0. The number of benzene rings is 3. The van der Waals surface area contributed by atoms with E-state index in [9.17, 15) is 14.4 Å². The fraction of sp³-hybridized carbons (Fsp3) is 0.129. The quantitative estimate of drug-likeness (QED) is 0.256. The van der Waals surface area contributed by atoms with Gasteiger partial charge in [-0.25, -0.2) is 4.79 Å². The molecule has 1 saturated heterocycles. The first-order valence-electron chi connectivity index (χ1n) is 12.4. The minimum absolute atomic E-state index is 0.222. The van der Waals surface area contributed by atoms with Gasteiger partial charge in [0.05, 0.1) is 12.0 Å². The molecule has 0 spiro atoms. The van der Waals surface area contributed by atoms with Crippen LogP contribution >= 0.6 is 22.9 Å². The second kappa shape index (κ2) is 11.7. The molecule has 0 aliphatic carbocycles. The van der Waals surface area contributed by atoms with Crippen molar-refractivity contribution in [3.63, 3.8) is 0 Å². The molecule has 1 aromatic heterocycles. The van der Waals surface area contributed by atoms with Crippen LogP contribution in [0.5, 0.6) is 0 Å². The molecule has 4 unspecified atom stereocenters. The summed E-state index contributed by atoms with van der Waals surface area (Å²) >= 11 is 7.67. The third-order valence-electron chi connectivity index (χ3n) is 6.84. The van der Waals surface area contributed by atoms with Crippen molar-refractivity contribution in [3.05, 3.63) is 130 Å². The molecule has 1 aliphatic heterocycles. The highest BCUT2D eigenvalue weighted by Gasteiger charge is 2.56. The van der Waals surface area contributed by atoms with E-state index in [-0.39, 0.29) is 5.78 Å². The van der Waals surface area contributed by atoms with Crippen LogP contribution in [0.25, 0.3) is 6.08 Å². The Hall–Kier alpha value is -4.20. The van der Waals surface area contributed by atoms with Gasteiger partial charge in [0.1, 0.15) is 6.04 Å². The van der Waals surface area contributed by atoms with Gasteiger partial charge in [-0.05, 0) is 41.3 Å². The molecule has 3 amide bonds. The predicted molar refractivity (Wildman–Crippen MR) is 156 cm³/mol. The van der Waals surface area contributed by atoms with E-state index in [1.165, 1.54) is 16.2 Å². The number of nitrogens with zero attached hydrogens (tertiary/aromatic N) is 1. The minimum Gasteiger partial charge on any atom is -0.368 e. The van der Waals surface area contributed by atoms with Crippen molar-refractivity contribution in [2.24, 2.45) is 11.7 Å². The van der Waals surface area contributed by atoms with Gasteiger partial charge in [0.15, 0.2) is 5.78 Å². The van der Waals surface area contributed by atoms with Crippen molar-refractivity contribution in [3.8, 4) is 0 Å². The standard InChI is InChI=1S/C31H26ClN3O3S/c32-22-12-7-11-21(19-22)29(36)26-24(17-16-20-9-3-1-4-10-20)35(31(38)34-23-13-5-2-6-14-23)28(30(33)37)27(26)25-15-8-18-39-25/h1-19,24,26-28H,(H2,33,37)(H,34,38). The fourth-order valence-electron chi connectivity index (χ4n) is 5.18. The van der Waals surface area contributed by atoms with Gasteiger partial charge < -0.3 is 16.0 Å². The Kier molecular flexibility index (Phi) is 7.91. The van der Waals surface area contributed by atoms with Crippen LogP contribution in [0.15, 0.2) is 109 Å². The number of ketones is 1. The summed E-state index contributed by atoms with van der Waals surface area (Å²) in [5.41, 5.74) is 7.86. The SMILES string of the molecule is NC(=O)C1C(c2cccs2)C(C(=O)c2cccc(Cl)c2)C(C=Cc2ccccc2)N1C(=O)Nc1ccccc1. The molecule has 2 heterocycles. The number of likely N-dealkylation sites (tertiary alicyclic amines) is 1. The van der Waals surface area contributed by atoms with Crippen molar-refractivity contribution >= 4 is 52.4 Å². The normalized spacial score (nSPS) is 20.7. The number of urea groups is 1. The Morgan fingerprint density at radius 3 is 2.26 bits per heavy atom. The zero-order chi connectivity index (χ0) is 27.4. The van der Waals surface area contributed by atoms with Gasteiger partial charge in [0.2, 0.25) is 5.91 Å². The largest absolute Gasteiger partial charge is 0.368 e. The molecule has 4 aromatic rings. The lowest BCUT2D eigenvalue weighted by Gasteiger charge is -2.29. The molecule has 1 fully saturated rings. The van der Waals surface area contributed by atoms with Crippen molar-refractivity contribution in [1.29, 1.82) is 0 Å². The lowest BCUT2D eigenvalue weighted by atomic mass is 9.80. The van der Waals surface area contributed by atoms with Crippen molar-refractivity contribution < 1.29 is 14.4 Å². The number of rotatable bonds is 7. The van der Waals surface area contributed by atoms with E-state index in [1.54, 1.807) is 48.5 Å². The number of amides is 3. The predicted octanol–water partition coefficient (Wildman–Crippen LogP) is 6.47. The van der Waals surface area contributed by atoms with Crippen LogP contribution in [0, 0.1) is 5.92 Å². The van der Waals surface area contributed by atoms with E-state index in [4.69, 9.17) is 17.3 Å². The zero-order valence-electron chi connectivity index (χ0n) is 20.8. The van der Waals surface area contributed by atoms with Crippen LogP contribution in [-0.4, -0.2) is 34.7 Å². The van der Waals surface area contributed by atoms with E-state index < -0.39 is 35.9 Å². The fourth-order valence-corrected chi connectivity index (χ4v) is 6.27. The maximum absolute atomic E-state index is 14.2. The van der Waals surface area contributed by atoms with Gasteiger partial charge in [-0.3, -0.25) is 9.59 Å². The molecule has 1 aliphatic rings. The van der Waals surface area contributed by atoms with Crippen LogP contribution in [0.4, 0.5) is 10.5 Å². The zero-order valence-corrected chi connectivity index (χ0v) is 22.4. The highest BCUT2D eigenvalue weighted by molar-refractivity contribution is 7.10. The number of nitrogens with two attached hydrogens (primary N) is 1. The molecule has 0 radical (unpaired) electrons. The first-order chi connectivity index (χ1) is 18.9. The number of primary amides is 1. The summed E-state index contributed by atoms with van der Waals surface area (Å²) in [4.78, 5) is 43.4. The number of carbonyl (C=O) groups excluding carboxylic acids is 3. The topological polar surface area (TPSA) is 92.5 Å². The molecule has 3 N–H and O–H groups in total. The monoisotopic (exact) mass is 555 g/mol. The lowest BCUT2D eigenvalue weighted by Crippen LogP contribution is -2.50. The van der Waals surface area contributed by atoms with Gasteiger partial charge >= 0.3 is 6.03 Å². The Balaban J connectivity index is 1.66. The van der Waals surface area contributed by atoms with Gasteiger partial charge in [-0.2, -0.15) is 0 Å². The number of Topliss-reactive ketones (excluding diaryl/α,β-unsaturated/α-hetero) is 1. The average molecular weight is 556 g/mol. The van der Waals surface area contributed by atoms with Crippen LogP contribution in [-0.2, 0) is 4.79 Å². The molecule has 5 rings (SSSR count). The van der Waals surface area contributed by atoms with Crippen molar-refractivity contribution in [1.82, 2.24) is 4.90 Å². The molecule has 6 nitrogen and oxygen atoms in total. The molecule has 0 bridgehead atoms. The van der Waals surface area contributed by atoms with Crippen LogP contribution < -0.4 is 11.1 Å². The number of hydrogen-bond donors (Lipinski definition) is 2. The number of thiophene rings is 1. The molecule has 3 aromatic carbocycles. The average Bonchev–Trinajstić information content (AvgIpc) is 3.59. The summed E-state index contributed by atoms with van der Waals surface area (Å²) in [7, 11) is 0. The number of halogens is 1. The molecule has 196 valence electrons. The number of carbonyl (C=O) groups is 3.